The molecule has 0 saturated carbocycles. The van der Waals surface area contributed by atoms with Gasteiger partial charge in [-0.1, -0.05) is 36.4 Å². The third-order valence-corrected chi connectivity index (χ3v) is 5.27. The number of nitrogens with one attached hydrogen (secondary N) is 2. The highest BCUT2D eigenvalue weighted by Crippen LogP contribution is 2.20. The van der Waals surface area contributed by atoms with Crippen LogP contribution in [0.4, 0.5) is 0 Å². The van der Waals surface area contributed by atoms with Crippen LogP contribution in [0.5, 0.6) is 0 Å². The average molecular weight is 400 g/mol. The molecule has 0 unspecified atom stereocenters. The van der Waals surface area contributed by atoms with E-state index < -0.39 is 0 Å². The van der Waals surface area contributed by atoms with Gasteiger partial charge in [0.2, 0.25) is 5.91 Å². The number of benzene rings is 2. The Morgan fingerprint density at radius 2 is 1.63 bits per heavy atom. The van der Waals surface area contributed by atoms with Crippen LogP contribution in [0.3, 0.4) is 0 Å². The molecule has 0 aliphatic carbocycles. The predicted octanol–water partition coefficient (Wildman–Crippen LogP) is 3.90. The Hall–Kier alpha value is -3.80. The molecule has 0 aliphatic heterocycles. The van der Waals surface area contributed by atoms with Crippen molar-refractivity contribution >= 4 is 22.7 Å². The highest BCUT2D eigenvalue weighted by atomic mass is 16.2. The van der Waals surface area contributed by atoms with E-state index in [4.69, 9.17) is 0 Å². The SMILES string of the molecule is Cc1cc(C(=O)NNC(=O)CCn2ccc3ccccc32)c(C)n1-c1ccccc1. The van der Waals surface area contributed by atoms with E-state index in [0.717, 1.165) is 28.0 Å². The first-order chi connectivity index (χ1) is 14.5. The van der Waals surface area contributed by atoms with Gasteiger partial charge in [-0.2, -0.15) is 0 Å². The molecule has 0 spiro atoms. The first kappa shape index (κ1) is 19.5. The molecular weight excluding hydrogens is 376 g/mol. The Balaban J connectivity index is 1.37. The van der Waals surface area contributed by atoms with Gasteiger partial charge in [0.15, 0.2) is 0 Å². The van der Waals surface area contributed by atoms with Gasteiger partial charge in [0.05, 0.1) is 5.56 Å². The van der Waals surface area contributed by atoms with Gasteiger partial charge in [0, 0.05) is 41.8 Å². The van der Waals surface area contributed by atoms with Crippen molar-refractivity contribution < 1.29 is 9.59 Å². The molecule has 4 rings (SSSR count). The number of aromatic nitrogens is 2. The minimum Gasteiger partial charge on any atom is -0.347 e. The maximum absolute atomic E-state index is 12.6. The number of aryl methyl sites for hydroxylation is 2. The number of hydrogen-bond acceptors (Lipinski definition) is 2. The van der Waals surface area contributed by atoms with Gasteiger partial charge in [-0.15, -0.1) is 0 Å². The van der Waals surface area contributed by atoms with Crippen LogP contribution in [0.1, 0.15) is 28.2 Å². The summed E-state index contributed by atoms with van der Waals surface area (Å²) in [6, 6.07) is 21.8. The van der Waals surface area contributed by atoms with Gasteiger partial charge < -0.3 is 9.13 Å². The molecule has 0 radical (unpaired) electrons. The quantitative estimate of drug-likeness (QED) is 0.499. The molecular formula is C24H24N4O2. The molecule has 2 aromatic heterocycles. The van der Waals surface area contributed by atoms with Crippen molar-refractivity contribution in [1.82, 2.24) is 20.0 Å². The fraction of sp³-hybridized carbons (Fsp3) is 0.167. The third-order valence-electron chi connectivity index (χ3n) is 5.27. The second-order valence-corrected chi connectivity index (χ2v) is 7.28. The van der Waals surface area contributed by atoms with E-state index in [9.17, 15) is 9.59 Å². The molecule has 0 fully saturated rings. The topological polar surface area (TPSA) is 68.1 Å². The van der Waals surface area contributed by atoms with Crippen LogP contribution in [0.2, 0.25) is 0 Å². The molecule has 30 heavy (non-hydrogen) atoms. The Morgan fingerprint density at radius 3 is 2.43 bits per heavy atom. The van der Waals surface area contributed by atoms with Crippen LogP contribution < -0.4 is 10.9 Å². The average Bonchev–Trinajstić information content (AvgIpc) is 3.31. The lowest BCUT2D eigenvalue weighted by molar-refractivity contribution is -0.122. The Morgan fingerprint density at radius 1 is 0.900 bits per heavy atom. The Kier molecular flexibility index (Phi) is 5.39. The van der Waals surface area contributed by atoms with Gasteiger partial charge in [0.25, 0.3) is 5.91 Å². The second kappa shape index (κ2) is 8.29. The Labute approximate surface area is 175 Å². The van der Waals surface area contributed by atoms with Crippen LogP contribution in [0.15, 0.2) is 72.9 Å². The van der Waals surface area contributed by atoms with E-state index in [1.54, 1.807) is 0 Å². The molecule has 2 N–H and O–H groups in total. The minimum atomic E-state index is -0.329. The highest BCUT2D eigenvalue weighted by molar-refractivity contribution is 5.97. The Bertz CT molecular complexity index is 1200. The molecule has 0 saturated heterocycles. The standard InChI is InChI=1S/C24H24N4O2/c1-17-16-21(18(2)28(17)20-9-4-3-5-10-20)24(30)26-25-23(29)13-15-27-14-12-19-8-6-7-11-22(19)27/h3-12,14,16H,13,15H2,1-2H3,(H,25,29)(H,26,30). The molecule has 152 valence electrons. The number of fused-ring (bicyclic) bond motifs is 1. The van der Waals surface area contributed by atoms with Crippen LogP contribution in [0, 0.1) is 13.8 Å². The van der Waals surface area contributed by atoms with Gasteiger partial charge in [-0.3, -0.25) is 20.4 Å². The number of amides is 2. The molecule has 4 aromatic rings. The fourth-order valence-corrected chi connectivity index (χ4v) is 3.78. The summed E-state index contributed by atoms with van der Waals surface area (Å²) in [6.07, 6.45) is 2.23. The normalized spacial score (nSPS) is 10.9. The van der Waals surface area contributed by atoms with Crippen LogP contribution >= 0.6 is 0 Å². The summed E-state index contributed by atoms with van der Waals surface area (Å²) >= 11 is 0. The summed E-state index contributed by atoms with van der Waals surface area (Å²) in [5.41, 5.74) is 9.46. The number of nitrogens with zero attached hydrogens (tertiary/aromatic N) is 2. The van der Waals surface area contributed by atoms with Gasteiger partial charge >= 0.3 is 0 Å². The van der Waals surface area contributed by atoms with Crippen molar-refractivity contribution in [1.29, 1.82) is 0 Å². The summed E-state index contributed by atoms with van der Waals surface area (Å²) in [4.78, 5) is 24.9. The van der Waals surface area contributed by atoms with Crippen LogP contribution in [-0.2, 0) is 11.3 Å². The van der Waals surface area contributed by atoms with Gasteiger partial charge in [-0.25, -0.2) is 0 Å². The molecule has 6 heteroatoms. The highest BCUT2D eigenvalue weighted by Gasteiger charge is 2.17. The number of rotatable bonds is 5. The zero-order valence-electron chi connectivity index (χ0n) is 17.1. The van der Waals surface area contributed by atoms with Gasteiger partial charge in [-0.05, 0) is 49.6 Å². The molecule has 0 bridgehead atoms. The first-order valence-electron chi connectivity index (χ1n) is 9.92. The number of carbonyl (C=O) groups excluding carboxylic acids is 2. The van der Waals surface area contributed by atoms with E-state index in [1.165, 1.54) is 0 Å². The largest absolute Gasteiger partial charge is 0.347 e. The monoisotopic (exact) mass is 400 g/mol. The maximum atomic E-state index is 12.6. The molecule has 2 aromatic carbocycles. The first-order valence-corrected chi connectivity index (χ1v) is 9.92. The lowest BCUT2D eigenvalue weighted by Gasteiger charge is -2.11. The number of hydrogen-bond donors (Lipinski definition) is 2. The third kappa shape index (κ3) is 3.85. The lowest BCUT2D eigenvalue weighted by atomic mass is 10.2. The number of carbonyl (C=O) groups is 2. The zero-order valence-corrected chi connectivity index (χ0v) is 17.1. The zero-order chi connectivity index (χ0) is 21.1. The fourth-order valence-electron chi connectivity index (χ4n) is 3.78. The molecule has 0 aliphatic rings. The van der Waals surface area contributed by atoms with Crippen molar-refractivity contribution in [2.24, 2.45) is 0 Å². The maximum Gasteiger partial charge on any atom is 0.271 e. The molecule has 0 atom stereocenters. The van der Waals surface area contributed by atoms with Crippen molar-refractivity contribution in [2.45, 2.75) is 26.8 Å². The van der Waals surface area contributed by atoms with E-state index in [-0.39, 0.29) is 18.2 Å². The number of hydrazine groups is 1. The summed E-state index contributed by atoms with van der Waals surface area (Å²) in [7, 11) is 0. The molecule has 2 amide bonds. The van der Waals surface area contributed by atoms with Crippen molar-refractivity contribution in [3.8, 4) is 5.69 Å². The smallest absolute Gasteiger partial charge is 0.271 e. The summed E-state index contributed by atoms with van der Waals surface area (Å²) < 4.78 is 4.05. The second-order valence-electron chi connectivity index (χ2n) is 7.28. The molecule has 2 heterocycles. The van der Waals surface area contributed by atoms with E-state index in [2.05, 4.69) is 10.9 Å². The van der Waals surface area contributed by atoms with E-state index >= 15 is 0 Å². The minimum absolute atomic E-state index is 0.238. The summed E-state index contributed by atoms with van der Waals surface area (Å²) in [5, 5.41) is 1.14. The number of para-hydroxylation sites is 2. The lowest BCUT2D eigenvalue weighted by Crippen LogP contribution is -2.42. The van der Waals surface area contributed by atoms with E-state index in [0.29, 0.717) is 12.1 Å². The van der Waals surface area contributed by atoms with Crippen molar-refractivity contribution in [3.63, 3.8) is 0 Å². The van der Waals surface area contributed by atoms with E-state index in [1.807, 2.05) is 95.9 Å². The van der Waals surface area contributed by atoms with Crippen molar-refractivity contribution in [3.05, 3.63) is 89.9 Å². The van der Waals surface area contributed by atoms with Gasteiger partial charge in [0.1, 0.15) is 0 Å². The predicted molar refractivity (Wildman–Crippen MR) is 117 cm³/mol. The summed E-state index contributed by atoms with van der Waals surface area (Å²) in [5.74, 6) is -0.567. The molecule has 6 nitrogen and oxygen atoms in total. The van der Waals surface area contributed by atoms with Crippen LogP contribution in [-0.4, -0.2) is 20.9 Å². The van der Waals surface area contributed by atoms with Crippen LogP contribution in [0.25, 0.3) is 16.6 Å². The van der Waals surface area contributed by atoms with Crippen molar-refractivity contribution in [2.75, 3.05) is 0 Å². The summed E-state index contributed by atoms with van der Waals surface area (Å²) in [6.45, 7) is 4.39.